The van der Waals surface area contributed by atoms with Gasteiger partial charge in [0.2, 0.25) is 0 Å². The molecule has 0 amide bonds. The Morgan fingerprint density at radius 2 is 2.07 bits per heavy atom. The van der Waals surface area contributed by atoms with Gasteiger partial charge in [-0.05, 0) is 19.4 Å². The van der Waals surface area contributed by atoms with Crippen molar-refractivity contribution in [3.63, 3.8) is 0 Å². The summed E-state index contributed by atoms with van der Waals surface area (Å²) >= 11 is 0. The van der Waals surface area contributed by atoms with Gasteiger partial charge in [-0.25, -0.2) is 0 Å². The van der Waals surface area contributed by atoms with Crippen LogP contribution in [-0.4, -0.2) is 25.7 Å². The summed E-state index contributed by atoms with van der Waals surface area (Å²) in [5.41, 5.74) is 0. The van der Waals surface area contributed by atoms with Crippen molar-refractivity contribution >= 4 is 5.97 Å². The molecule has 0 spiro atoms. The molecule has 14 heavy (non-hydrogen) atoms. The molecule has 3 nitrogen and oxygen atoms in total. The minimum Gasteiger partial charge on any atom is -0.469 e. The van der Waals surface area contributed by atoms with Crippen molar-refractivity contribution in [3.8, 4) is 0 Å². The minimum atomic E-state index is -0.116. The number of rotatable bonds is 8. The van der Waals surface area contributed by atoms with E-state index in [4.69, 9.17) is 0 Å². The number of ether oxygens (including phenoxy) is 1. The molecular weight excluding hydrogens is 178 g/mol. The van der Waals surface area contributed by atoms with E-state index in [2.05, 4.69) is 23.9 Å². The first-order chi connectivity index (χ1) is 6.74. The fourth-order valence-electron chi connectivity index (χ4n) is 1.36. The molecule has 3 heteroatoms. The number of carbonyl (C=O) groups excluding carboxylic acids is 1. The molecule has 84 valence electrons. The summed E-state index contributed by atoms with van der Waals surface area (Å²) in [6.07, 6.45) is 5.00. The maximum Gasteiger partial charge on any atom is 0.307 e. The lowest BCUT2D eigenvalue weighted by molar-refractivity contribution is -0.141. The van der Waals surface area contributed by atoms with Gasteiger partial charge in [0.1, 0.15) is 0 Å². The molecule has 1 unspecified atom stereocenters. The van der Waals surface area contributed by atoms with Crippen molar-refractivity contribution in [3.05, 3.63) is 0 Å². The molecule has 0 aliphatic carbocycles. The Labute approximate surface area is 87.2 Å². The average Bonchev–Trinajstić information content (AvgIpc) is 2.21. The summed E-state index contributed by atoms with van der Waals surface area (Å²) < 4.78 is 4.66. The number of unbranched alkanes of at least 4 members (excludes halogenated alkanes) is 1. The molecule has 0 fully saturated rings. The number of hydrogen-bond acceptors (Lipinski definition) is 3. The SMILES string of the molecule is CCCCC(CC(=O)OC)NCCC. The normalized spacial score (nSPS) is 12.5. The molecule has 0 aromatic rings. The van der Waals surface area contributed by atoms with E-state index in [1.165, 1.54) is 20.0 Å². The second-order valence-electron chi connectivity index (χ2n) is 3.57. The predicted molar refractivity (Wildman–Crippen MR) is 58.2 cm³/mol. The molecule has 0 rings (SSSR count). The van der Waals surface area contributed by atoms with E-state index in [1.54, 1.807) is 0 Å². The van der Waals surface area contributed by atoms with Gasteiger partial charge >= 0.3 is 5.97 Å². The number of carbonyl (C=O) groups is 1. The highest BCUT2D eigenvalue weighted by Gasteiger charge is 2.12. The van der Waals surface area contributed by atoms with Gasteiger partial charge < -0.3 is 10.1 Å². The van der Waals surface area contributed by atoms with Crippen molar-refractivity contribution in [1.82, 2.24) is 5.32 Å². The van der Waals surface area contributed by atoms with Gasteiger partial charge in [0.05, 0.1) is 13.5 Å². The standard InChI is InChI=1S/C11H23NO2/c1-4-6-7-10(12-8-5-2)9-11(13)14-3/h10,12H,4-9H2,1-3H3. The topological polar surface area (TPSA) is 38.3 Å². The quantitative estimate of drug-likeness (QED) is 0.611. The Morgan fingerprint density at radius 1 is 1.36 bits per heavy atom. The van der Waals surface area contributed by atoms with E-state index >= 15 is 0 Å². The van der Waals surface area contributed by atoms with Crippen LogP contribution in [0, 0.1) is 0 Å². The van der Waals surface area contributed by atoms with E-state index in [0.29, 0.717) is 12.5 Å². The highest BCUT2D eigenvalue weighted by atomic mass is 16.5. The molecular formula is C11H23NO2. The zero-order chi connectivity index (χ0) is 10.8. The maximum absolute atomic E-state index is 11.1. The minimum absolute atomic E-state index is 0.116. The number of methoxy groups -OCH3 is 1. The zero-order valence-electron chi connectivity index (χ0n) is 9.64. The number of nitrogens with one attached hydrogen (secondary N) is 1. The summed E-state index contributed by atoms with van der Waals surface area (Å²) in [7, 11) is 1.44. The van der Waals surface area contributed by atoms with Gasteiger partial charge in [-0.1, -0.05) is 26.7 Å². The summed E-state index contributed by atoms with van der Waals surface area (Å²) in [6, 6.07) is 0.294. The molecule has 0 radical (unpaired) electrons. The Kier molecular flexibility index (Phi) is 8.64. The van der Waals surface area contributed by atoms with E-state index in [1.807, 2.05) is 0 Å². The highest BCUT2D eigenvalue weighted by molar-refractivity contribution is 5.69. The van der Waals surface area contributed by atoms with Gasteiger partial charge in [0.15, 0.2) is 0 Å². The summed E-state index contributed by atoms with van der Waals surface area (Å²) in [4.78, 5) is 11.1. The lowest BCUT2D eigenvalue weighted by atomic mass is 10.1. The van der Waals surface area contributed by atoms with Crippen LogP contribution in [0.5, 0.6) is 0 Å². The monoisotopic (exact) mass is 201 g/mol. The van der Waals surface area contributed by atoms with Crippen LogP contribution in [0.15, 0.2) is 0 Å². The van der Waals surface area contributed by atoms with E-state index < -0.39 is 0 Å². The van der Waals surface area contributed by atoms with Crippen LogP contribution in [0.25, 0.3) is 0 Å². The Hall–Kier alpha value is -0.570. The summed E-state index contributed by atoms with van der Waals surface area (Å²) in [5.74, 6) is -0.116. The van der Waals surface area contributed by atoms with Crippen LogP contribution < -0.4 is 5.32 Å². The molecule has 0 aliphatic rings. The van der Waals surface area contributed by atoms with Crippen LogP contribution >= 0.6 is 0 Å². The largest absolute Gasteiger partial charge is 0.469 e. The first-order valence-electron chi connectivity index (χ1n) is 5.54. The zero-order valence-corrected chi connectivity index (χ0v) is 9.64. The van der Waals surface area contributed by atoms with E-state index in [-0.39, 0.29) is 5.97 Å². The van der Waals surface area contributed by atoms with Gasteiger partial charge in [-0.2, -0.15) is 0 Å². The summed E-state index contributed by atoms with van der Waals surface area (Å²) in [6.45, 7) is 5.27. The molecule has 0 aromatic carbocycles. The lowest BCUT2D eigenvalue weighted by Gasteiger charge is -2.16. The molecule has 0 aliphatic heterocycles. The van der Waals surface area contributed by atoms with Crippen molar-refractivity contribution in [2.45, 2.75) is 52.0 Å². The van der Waals surface area contributed by atoms with Gasteiger partial charge in [-0.3, -0.25) is 4.79 Å². The van der Waals surface area contributed by atoms with Crippen LogP contribution in [0.2, 0.25) is 0 Å². The molecule has 0 saturated heterocycles. The molecule has 1 atom stereocenters. The van der Waals surface area contributed by atoms with E-state index in [9.17, 15) is 4.79 Å². The second kappa shape index (κ2) is 9.00. The second-order valence-corrected chi connectivity index (χ2v) is 3.57. The van der Waals surface area contributed by atoms with Gasteiger partial charge in [0, 0.05) is 6.04 Å². The molecule has 1 N–H and O–H groups in total. The lowest BCUT2D eigenvalue weighted by Crippen LogP contribution is -2.32. The number of esters is 1. The first-order valence-corrected chi connectivity index (χ1v) is 5.54. The van der Waals surface area contributed by atoms with Crippen LogP contribution in [0.3, 0.4) is 0 Å². The van der Waals surface area contributed by atoms with Crippen LogP contribution in [-0.2, 0) is 9.53 Å². The smallest absolute Gasteiger partial charge is 0.307 e. The van der Waals surface area contributed by atoms with Crippen LogP contribution in [0.4, 0.5) is 0 Å². The average molecular weight is 201 g/mol. The third-order valence-electron chi connectivity index (χ3n) is 2.23. The van der Waals surface area contributed by atoms with Crippen molar-refractivity contribution < 1.29 is 9.53 Å². The molecule has 0 saturated carbocycles. The highest BCUT2D eigenvalue weighted by Crippen LogP contribution is 2.05. The Bertz CT molecular complexity index is 140. The van der Waals surface area contributed by atoms with Crippen molar-refractivity contribution in [2.24, 2.45) is 0 Å². The third-order valence-corrected chi connectivity index (χ3v) is 2.23. The number of hydrogen-bond donors (Lipinski definition) is 1. The fraction of sp³-hybridized carbons (Fsp3) is 0.909. The summed E-state index contributed by atoms with van der Waals surface area (Å²) in [5, 5.41) is 3.37. The predicted octanol–water partition coefficient (Wildman–Crippen LogP) is 2.11. The maximum atomic E-state index is 11.1. The van der Waals surface area contributed by atoms with Crippen molar-refractivity contribution in [1.29, 1.82) is 0 Å². The van der Waals surface area contributed by atoms with Crippen molar-refractivity contribution in [2.75, 3.05) is 13.7 Å². The Morgan fingerprint density at radius 3 is 2.57 bits per heavy atom. The first kappa shape index (κ1) is 13.4. The third kappa shape index (κ3) is 6.89. The van der Waals surface area contributed by atoms with Gasteiger partial charge in [0.25, 0.3) is 0 Å². The fourth-order valence-corrected chi connectivity index (χ4v) is 1.36. The molecule has 0 bridgehead atoms. The molecule has 0 aromatic heterocycles. The molecule has 0 heterocycles. The van der Waals surface area contributed by atoms with Crippen LogP contribution in [0.1, 0.15) is 46.0 Å². The van der Waals surface area contributed by atoms with E-state index in [0.717, 1.165) is 19.4 Å². The van der Waals surface area contributed by atoms with Gasteiger partial charge in [-0.15, -0.1) is 0 Å². The Balaban J connectivity index is 3.77.